The van der Waals surface area contributed by atoms with Gasteiger partial charge in [-0.15, -0.1) is 0 Å². The third kappa shape index (κ3) is 4.97. The first kappa shape index (κ1) is 12.0. The Hall–Kier alpha value is -0.0800. The third-order valence-electron chi connectivity index (χ3n) is 3.23. The molecule has 1 rings (SSSR count). The van der Waals surface area contributed by atoms with E-state index in [9.17, 15) is 0 Å². The molecule has 84 valence electrons. The van der Waals surface area contributed by atoms with Gasteiger partial charge >= 0.3 is 0 Å². The average molecular weight is 198 g/mol. The van der Waals surface area contributed by atoms with Crippen molar-refractivity contribution in [2.75, 3.05) is 26.7 Å². The lowest BCUT2D eigenvalue weighted by Crippen LogP contribution is -2.37. The molecule has 0 saturated heterocycles. The molecule has 14 heavy (non-hydrogen) atoms. The van der Waals surface area contributed by atoms with E-state index >= 15 is 0 Å². The molecule has 1 unspecified atom stereocenters. The molecule has 0 heterocycles. The number of nitrogens with zero attached hydrogens (tertiary/aromatic N) is 1. The van der Waals surface area contributed by atoms with Crippen LogP contribution in [0.5, 0.6) is 0 Å². The molecule has 1 atom stereocenters. The van der Waals surface area contributed by atoms with Crippen LogP contribution in [0.25, 0.3) is 0 Å². The van der Waals surface area contributed by atoms with Crippen molar-refractivity contribution in [3.05, 3.63) is 0 Å². The van der Waals surface area contributed by atoms with E-state index in [4.69, 9.17) is 0 Å². The summed E-state index contributed by atoms with van der Waals surface area (Å²) >= 11 is 0. The standard InChI is InChI=1S/C12H26N2/c1-10(2)11(3)13-7-8-14(4)9-12-5-6-12/h10-13H,5-9H2,1-4H3. The molecule has 0 radical (unpaired) electrons. The lowest BCUT2D eigenvalue weighted by molar-refractivity contribution is 0.304. The van der Waals surface area contributed by atoms with Gasteiger partial charge in [-0.2, -0.15) is 0 Å². The fourth-order valence-corrected chi connectivity index (χ4v) is 1.55. The van der Waals surface area contributed by atoms with Crippen molar-refractivity contribution in [2.24, 2.45) is 11.8 Å². The first-order chi connectivity index (χ1) is 6.59. The smallest absolute Gasteiger partial charge is 0.0104 e. The van der Waals surface area contributed by atoms with Gasteiger partial charge in [0.15, 0.2) is 0 Å². The van der Waals surface area contributed by atoms with Crippen LogP contribution in [-0.4, -0.2) is 37.6 Å². The van der Waals surface area contributed by atoms with Gasteiger partial charge in [-0.25, -0.2) is 0 Å². The van der Waals surface area contributed by atoms with E-state index in [0.717, 1.165) is 18.4 Å². The summed E-state index contributed by atoms with van der Waals surface area (Å²) in [4.78, 5) is 2.46. The van der Waals surface area contributed by atoms with Crippen molar-refractivity contribution < 1.29 is 0 Å². The second kappa shape index (κ2) is 5.72. The Balaban J connectivity index is 1.96. The highest BCUT2D eigenvalue weighted by Crippen LogP contribution is 2.29. The van der Waals surface area contributed by atoms with Crippen molar-refractivity contribution in [1.29, 1.82) is 0 Å². The van der Waals surface area contributed by atoms with E-state index in [1.807, 2.05) is 0 Å². The van der Waals surface area contributed by atoms with Crippen LogP contribution in [0.15, 0.2) is 0 Å². The Bertz CT molecular complexity index is 152. The maximum atomic E-state index is 3.56. The second-order valence-electron chi connectivity index (χ2n) is 5.19. The Morgan fingerprint density at radius 2 is 1.93 bits per heavy atom. The predicted octanol–water partition coefficient (Wildman–Crippen LogP) is 1.96. The summed E-state index contributed by atoms with van der Waals surface area (Å²) in [6.45, 7) is 10.4. The lowest BCUT2D eigenvalue weighted by Gasteiger charge is -2.21. The van der Waals surface area contributed by atoms with Crippen LogP contribution in [0.1, 0.15) is 33.6 Å². The Morgan fingerprint density at radius 3 is 2.43 bits per heavy atom. The molecule has 0 aliphatic heterocycles. The van der Waals surface area contributed by atoms with Gasteiger partial charge < -0.3 is 10.2 Å². The van der Waals surface area contributed by atoms with E-state index in [1.54, 1.807) is 0 Å². The molecule has 1 aliphatic rings. The normalized spacial score (nSPS) is 19.3. The van der Waals surface area contributed by atoms with Gasteiger partial charge in [0.2, 0.25) is 0 Å². The van der Waals surface area contributed by atoms with Crippen LogP contribution in [-0.2, 0) is 0 Å². The zero-order valence-electron chi connectivity index (χ0n) is 10.2. The zero-order valence-corrected chi connectivity index (χ0v) is 10.2. The molecular formula is C12H26N2. The topological polar surface area (TPSA) is 15.3 Å². The lowest BCUT2D eigenvalue weighted by atomic mass is 10.1. The molecule has 1 aliphatic carbocycles. The van der Waals surface area contributed by atoms with E-state index < -0.39 is 0 Å². The molecule has 1 fully saturated rings. The molecular weight excluding hydrogens is 172 g/mol. The van der Waals surface area contributed by atoms with Crippen LogP contribution in [0, 0.1) is 11.8 Å². The van der Waals surface area contributed by atoms with E-state index in [1.165, 1.54) is 25.9 Å². The molecule has 0 bridgehead atoms. The average Bonchev–Trinajstić information content (AvgIpc) is 2.87. The Morgan fingerprint density at radius 1 is 1.29 bits per heavy atom. The van der Waals surface area contributed by atoms with Crippen LogP contribution in [0.2, 0.25) is 0 Å². The maximum absolute atomic E-state index is 3.56. The van der Waals surface area contributed by atoms with Gasteiger partial charge in [-0.1, -0.05) is 13.8 Å². The van der Waals surface area contributed by atoms with Crippen molar-refractivity contribution >= 4 is 0 Å². The largest absolute Gasteiger partial charge is 0.313 e. The summed E-state index contributed by atoms with van der Waals surface area (Å²) < 4.78 is 0. The number of hydrogen-bond donors (Lipinski definition) is 1. The van der Waals surface area contributed by atoms with Gasteiger partial charge in [0.05, 0.1) is 0 Å². The second-order valence-corrected chi connectivity index (χ2v) is 5.19. The van der Waals surface area contributed by atoms with Gasteiger partial charge in [0, 0.05) is 25.7 Å². The third-order valence-corrected chi connectivity index (χ3v) is 3.23. The highest BCUT2D eigenvalue weighted by molar-refractivity contribution is 4.76. The van der Waals surface area contributed by atoms with E-state index in [2.05, 4.69) is 38.0 Å². The summed E-state index contributed by atoms with van der Waals surface area (Å²) in [5.41, 5.74) is 0. The van der Waals surface area contributed by atoms with Gasteiger partial charge in [-0.3, -0.25) is 0 Å². The van der Waals surface area contributed by atoms with Crippen molar-refractivity contribution in [1.82, 2.24) is 10.2 Å². The minimum Gasteiger partial charge on any atom is -0.313 e. The number of likely N-dealkylation sites (N-methyl/N-ethyl adjacent to an activating group) is 1. The van der Waals surface area contributed by atoms with Gasteiger partial charge in [0.25, 0.3) is 0 Å². The first-order valence-corrected chi connectivity index (χ1v) is 6.01. The summed E-state index contributed by atoms with van der Waals surface area (Å²) in [6, 6.07) is 0.643. The quantitative estimate of drug-likeness (QED) is 0.673. The number of nitrogens with one attached hydrogen (secondary N) is 1. The van der Waals surface area contributed by atoms with Crippen molar-refractivity contribution in [3.63, 3.8) is 0 Å². The first-order valence-electron chi connectivity index (χ1n) is 6.01. The highest BCUT2D eigenvalue weighted by Gasteiger charge is 2.22. The molecule has 2 heteroatoms. The van der Waals surface area contributed by atoms with E-state index in [-0.39, 0.29) is 0 Å². The van der Waals surface area contributed by atoms with Crippen LogP contribution < -0.4 is 5.32 Å². The molecule has 0 aromatic rings. The number of hydrogen-bond acceptors (Lipinski definition) is 2. The Kier molecular flexibility index (Phi) is 4.90. The molecule has 0 aromatic heterocycles. The van der Waals surface area contributed by atoms with Crippen molar-refractivity contribution in [2.45, 2.75) is 39.7 Å². The SMILES string of the molecule is CC(C)C(C)NCCN(C)CC1CC1. The summed E-state index contributed by atoms with van der Waals surface area (Å²) in [5.74, 6) is 1.76. The molecule has 2 nitrogen and oxygen atoms in total. The van der Waals surface area contributed by atoms with Gasteiger partial charge in [-0.05, 0) is 38.6 Å². The van der Waals surface area contributed by atoms with Gasteiger partial charge in [0.1, 0.15) is 0 Å². The molecule has 0 amide bonds. The van der Waals surface area contributed by atoms with Crippen LogP contribution in [0.3, 0.4) is 0 Å². The summed E-state index contributed by atoms with van der Waals surface area (Å²) in [7, 11) is 2.24. The minimum absolute atomic E-state index is 0.643. The predicted molar refractivity (Wildman–Crippen MR) is 62.5 cm³/mol. The molecule has 1 saturated carbocycles. The Labute approximate surface area is 89.1 Å². The number of rotatable bonds is 7. The molecule has 0 aromatic carbocycles. The summed E-state index contributed by atoms with van der Waals surface area (Å²) in [5, 5.41) is 3.56. The monoisotopic (exact) mass is 198 g/mol. The van der Waals surface area contributed by atoms with Crippen LogP contribution >= 0.6 is 0 Å². The molecule has 1 N–H and O–H groups in total. The van der Waals surface area contributed by atoms with E-state index in [0.29, 0.717) is 6.04 Å². The molecule has 0 spiro atoms. The minimum atomic E-state index is 0.643. The highest BCUT2D eigenvalue weighted by atomic mass is 15.1. The fraction of sp³-hybridized carbons (Fsp3) is 1.00. The summed E-state index contributed by atoms with van der Waals surface area (Å²) in [6.07, 6.45) is 2.92. The van der Waals surface area contributed by atoms with Crippen LogP contribution in [0.4, 0.5) is 0 Å². The maximum Gasteiger partial charge on any atom is 0.0104 e. The fourth-order valence-electron chi connectivity index (χ4n) is 1.55. The van der Waals surface area contributed by atoms with Crippen molar-refractivity contribution in [3.8, 4) is 0 Å². The zero-order chi connectivity index (χ0) is 10.6.